The highest BCUT2D eigenvalue weighted by molar-refractivity contribution is 5.92. The Balaban J connectivity index is 2.06. The first-order valence-corrected chi connectivity index (χ1v) is 10.3. The summed E-state index contributed by atoms with van der Waals surface area (Å²) in [5.74, 6) is -2.54. The van der Waals surface area contributed by atoms with E-state index in [2.05, 4.69) is 15.6 Å². The lowest BCUT2D eigenvalue weighted by Crippen LogP contribution is -2.57. The standard InChI is InChI=1S/C22H32N4O4/c1-5-13(4)19(22(29)30)26-21(28)18(12(2)3)25-20(27)16(23)10-14-11-24-17-9-7-6-8-15(14)17/h6-9,11-13,16,18-19,24H,5,10,23H2,1-4H3,(H,25,27)(H,26,28)(H,29,30). The Morgan fingerprint density at radius 3 is 2.30 bits per heavy atom. The van der Waals surface area contributed by atoms with E-state index in [1.165, 1.54) is 0 Å². The van der Waals surface area contributed by atoms with Gasteiger partial charge in [-0.3, -0.25) is 9.59 Å². The van der Waals surface area contributed by atoms with Gasteiger partial charge >= 0.3 is 5.97 Å². The van der Waals surface area contributed by atoms with Crippen LogP contribution in [0.15, 0.2) is 30.5 Å². The predicted molar refractivity (Wildman–Crippen MR) is 116 cm³/mol. The summed E-state index contributed by atoms with van der Waals surface area (Å²) in [5, 5.41) is 15.7. The molecule has 2 rings (SSSR count). The third-order valence-electron chi connectivity index (χ3n) is 5.48. The van der Waals surface area contributed by atoms with Crippen LogP contribution in [0.2, 0.25) is 0 Å². The number of benzene rings is 1. The molecule has 6 N–H and O–H groups in total. The number of carbonyl (C=O) groups excluding carboxylic acids is 2. The summed E-state index contributed by atoms with van der Waals surface area (Å²) in [6, 6.07) is 5.00. The first kappa shape index (κ1) is 23.4. The topological polar surface area (TPSA) is 137 Å². The van der Waals surface area contributed by atoms with Gasteiger partial charge in [0.05, 0.1) is 6.04 Å². The summed E-state index contributed by atoms with van der Waals surface area (Å²) in [5.41, 5.74) is 8.00. The second kappa shape index (κ2) is 10.2. The third-order valence-corrected chi connectivity index (χ3v) is 5.48. The van der Waals surface area contributed by atoms with Crippen LogP contribution in [0.4, 0.5) is 0 Å². The molecule has 0 aliphatic heterocycles. The number of hydrogen-bond donors (Lipinski definition) is 5. The Morgan fingerprint density at radius 2 is 1.70 bits per heavy atom. The summed E-state index contributed by atoms with van der Waals surface area (Å²) in [6.45, 7) is 7.20. The number of nitrogens with two attached hydrogens (primary N) is 1. The summed E-state index contributed by atoms with van der Waals surface area (Å²) in [4.78, 5) is 40.1. The van der Waals surface area contributed by atoms with Crippen molar-refractivity contribution in [3.05, 3.63) is 36.0 Å². The van der Waals surface area contributed by atoms with Gasteiger partial charge in [-0.1, -0.05) is 52.3 Å². The van der Waals surface area contributed by atoms with Gasteiger partial charge in [0.1, 0.15) is 12.1 Å². The Bertz CT molecular complexity index is 892. The van der Waals surface area contributed by atoms with Gasteiger partial charge in [-0.25, -0.2) is 4.79 Å². The van der Waals surface area contributed by atoms with Gasteiger partial charge in [0.2, 0.25) is 11.8 Å². The SMILES string of the molecule is CCC(C)C(NC(=O)C(NC(=O)C(N)Cc1c[nH]c2ccccc12)C(C)C)C(=O)O. The van der Waals surface area contributed by atoms with E-state index in [-0.39, 0.29) is 11.8 Å². The molecule has 8 nitrogen and oxygen atoms in total. The molecule has 4 atom stereocenters. The summed E-state index contributed by atoms with van der Waals surface area (Å²) in [7, 11) is 0. The molecule has 0 saturated carbocycles. The highest BCUT2D eigenvalue weighted by Gasteiger charge is 2.32. The Morgan fingerprint density at radius 1 is 1.07 bits per heavy atom. The van der Waals surface area contributed by atoms with Gasteiger partial charge < -0.3 is 26.5 Å². The average Bonchev–Trinajstić information content (AvgIpc) is 3.11. The number of carbonyl (C=O) groups is 3. The smallest absolute Gasteiger partial charge is 0.326 e. The number of carboxylic acid groups (broad SMARTS) is 1. The molecular weight excluding hydrogens is 384 g/mol. The van der Waals surface area contributed by atoms with Gasteiger partial charge in [-0.15, -0.1) is 0 Å². The third kappa shape index (κ3) is 5.60. The molecule has 164 valence electrons. The molecule has 0 aliphatic carbocycles. The molecule has 2 amide bonds. The van der Waals surface area contributed by atoms with Crippen LogP contribution in [0.3, 0.4) is 0 Å². The van der Waals surface area contributed by atoms with E-state index in [1.807, 2.05) is 37.4 Å². The molecular formula is C22H32N4O4. The van der Waals surface area contributed by atoms with Crippen LogP contribution in [0.1, 0.15) is 39.7 Å². The van der Waals surface area contributed by atoms with Crippen LogP contribution in [0, 0.1) is 11.8 Å². The zero-order valence-electron chi connectivity index (χ0n) is 17.9. The van der Waals surface area contributed by atoms with Crippen molar-refractivity contribution < 1.29 is 19.5 Å². The van der Waals surface area contributed by atoms with E-state index < -0.39 is 35.9 Å². The number of para-hydroxylation sites is 1. The molecule has 2 aromatic rings. The lowest BCUT2D eigenvalue weighted by molar-refractivity contribution is -0.144. The fourth-order valence-electron chi connectivity index (χ4n) is 3.35. The van der Waals surface area contributed by atoms with Gasteiger partial charge in [0.15, 0.2) is 0 Å². The molecule has 4 unspecified atom stereocenters. The maximum absolute atomic E-state index is 12.7. The van der Waals surface area contributed by atoms with Crippen LogP contribution in [-0.4, -0.2) is 46.0 Å². The van der Waals surface area contributed by atoms with Crippen molar-refractivity contribution in [1.29, 1.82) is 0 Å². The predicted octanol–water partition coefficient (Wildman–Crippen LogP) is 1.79. The van der Waals surface area contributed by atoms with Crippen molar-refractivity contribution in [2.24, 2.45) is 17.6 Å². The van der Waals surface area contributed by atoms with Gasteiger partial charge in [-0.2, -0.15) is 0 Å². The van der Waals surface area contributed by atoms with Crippen LogP contribution >= 0.6 is 0 Å². The number of aliphatic carboxylic acids is 1. The summed E-state index contributed by atoms with van der Waals surface area (Å²) < 4.78 is 0. The normalized spacial score (nSPS) is 15.4. The molecule has 0 bridgehead atoms. The number of amides is 2. The largest absolute Gasteiger partial charge is 0.480 e. The Hall–Kier alpha value is -2.87. The highest BCUT2D eigenvalue weighted by Crippen LogP contribution is 2.19. The maximum Gasteiger partial charge on any atom is 0.326 e. The fourth-order valence-corrected chi connectivity index (χ4v) is 3.35. The van der Waals surface area contributed by atoms with Crippen LogP contribution in [-0.2, 0) is 20.8 Å². The van der Waals surface area contributed by atoms with Crippen molar-refractivity contribution in [1.82, 2.24) is 15.6 Å². The zero-order valence-corrected chi connectivity index (χ0v) is 17.9. The van der Waals surface area contributed by atoms with Gasteiger partial charge in [0.25, 0.3) is 0 Å². The molecule has 0 spiro atoms. The molecule has 0 radical (unpaired) electrons. The van der Waals surface area contributed by atoms with Crippen molar-refractivity contribution in [3.63, 3.8) is 0 Å². The minimum absolute atomic E-state index is 0.236. The number of nitrogens with one attached hydrogen (secondary N) is 3. The molecule has 0 saturated heterocycles. The van der Waals surface area contributed by atoms with Crippen molar-refractivity contribution in [2.45, 2.75) is 58.7 Å². The fraction of sp³-hybridized carbons (Fsp3) is 0.500. The quantitative estimate of drug-likeness (QED) is 0.402. The number of aromatic nitrogens is 1. The average molecular weight is 417 g/mol. The van der Waals surface area contributed by atoms with E-state index in [9.17, 15) is 19.5 Å². The van der Waals surface area contributed by atoms with Gasteiger partial charge in [-0.05, 0) is 29.9 Å². The first-order chi connectivity index (χ1) is 14.1. The van der Waals surface area contributed by atoms with E-state index in [4.69, 9.17) is 5.73 Å². The van der Waals surface area contributed by atoms with E-state index in [1.54, 1.807) is 20.8 Å². The monoisotopic (exact) mass is 416 g/mol. The number of carboxylic acids is 1. The van der Waals surface area contributed by atoms with E-state index >= 15 is 0 Å². The van der Waals surface area contributed by atoms with E-state index in [0.29, 0.717) is 12.8 Å². The lowest BCUT2D eigenvalue weighted by atomic mass is 9.97. The van der Waals surface area contributed by atoms with Crippen LogP contribution in [0.25, 0.3) is 10.9 Å². The summed E-state index contributed by atoms with van der Waals surface area (Å²) >= 11 is 0. The van der Waals surface area contributed by atoms with Crippen LogP contribution in [0.5, 0.6) is 0 Å². The molecule has 0 fully saturated rings. The molecule has 1 aromatic carbocycles. The zero-order chi connectivity index (χ0) is 22.4. The Labute approximate surface area is 176 Å². The Kier molecular flexibility index (Phi) is 8.00. The van der Waals surface area contributed by atoms with E-state index in [0.717, 1.165) is 16.5 Å². The summed E-state index contributed by atoms with van der Waals surface area (Å²) in [6.07, 6.45) is 2.74. The molecule has 1 heterocycles. The van der Waals surface area contributed by atoms with Crippen molar-refractivity contribution in [3.8, 4) is 0 Å². The van der Waals surface area contributed by atoms with Crippen LogP contribution < -0.4 is 16.4 Å². The molecule has 1 aromatic heterocycles. The number of aromatic amines is 1. The number of hydrogen-bond acceptors (Lipinski definition) is 4. The molecule has 8 heteroatoms. The maximum atomic E-state index is 12.7. The minimum Gasteiger partial charge on any atom is -0.480 e. The second-order valence-corrected chi connectivity index (χ2v) is 8.11. The number of fused-ring (bicyclic) bond motifs is 1. The lowest BCUT2D eigenvalue weighted by Gasteiger charge is -2.27. The number of rotatable bonds is 10. The second-order valence-electron chi connectivity index (χ2n) is 8.11. The van der Waals surface area contributed by atoms with Gasteiger partial charge in [0, 0.05) is 17.1 Å². The van der Waals surface area contributed by atoms with Crippen molar-refractivity contribution >= 4 is 28.7 Å². The number of H-pyrrole nitrogens is 1. The molecule has 0 aliphatic rings. The minimum atomic E-state index is -1.09. The highest BCUT2D eigenvalue weighted by atomic mass is 16.4. The molecule has 30 heavy (non-hydrogen) atoms. The first-order valence-electron chi connectivity index (χ1n) is 10.3. The van der Waals surface area contributed by atoms with Crippen molar-refractivity contribution in [2.75, 3.05) is 0 Å².